The standard InChI is InChI=1S/C17H23N3/c1-13-3-5-15-11-14(4-6-17(15)19-13)12-18-16-7-9-20(2)10-8-16/h3-6,11,16,18H,7-10,12H2,1-2H3. The molecule has 106 valence electrons. The maximum atomic E-state index is 4.55. The fourth-order valence-electron chi connectivity index (χ4n) is 2.86. The molecule has 0 spiro atoms. The Morgan fingerprint density at radius 1 is 1.20 bits per heavy atom. The molecule has 1 aromatic heterocycles. The highest BCUT2D eigenvalue weighted by atomic mass is 15.1. The van der Waals surface area contributed by atoms with Gasteiger partial charge in [0.15, 0.2) is 0 Å². The van der Waals surface area contributed by atoms with Crippen molar-refractivity contribution in [3.63, 3.8) is 0 Å². The van der Waals surface area contributed by atoms with Gasteiger partial charge in [-0.2, -0.15) is 0 Å². The minimum absolute atomic E-state index is 0.665. The Labute approximate surface area is 121 Å². The van der Waals surface area contributed by atoms with E-state index in [-0.39, 0.29) is 0 Å². The first-order chi connectivity index (χ1) is 9.70. The number of nitrogens with zero attached hydrogens (tertiary/aromatic N) is 2. The van der Waals surface area contributed by atoms with Gasteiger partial charge in [0, 0.05) is 23.7 Å². The molecule has 2 heterocycles. The van der Waals surface area contributed by atoms with Crippen LogP contribution in [0.5, 0.6) is 0 Å². The summed E-state index contributed by atoms with van der Waals surface area (Å²) in [4.78, 5) is 6.95. The largest absolute Gasteiger partial charge is 0.310 e. The third-order valence-corrected chi connectivity index (χ3v) is 4.21. The van der Waals surface area contributed by atoms with Crippen molar-refractivity contribution in [2.24, 2.45) is 0 Å². The van der Waals surface area contributed by atoms with Crippen LogP contribution in [0.15, 0.2) is 30.3 Å². The summed E-state index contributed by atoms with van der Waals surface area (Å²) in [5.41, 5.74) is 3.52. The second-order valence-corrected chi connectivity index (χ2v) is 5.94. The zero-order valence-electron chi connectivity index (χ0n) is 12.4. The highest BCUT2D eigenvalue weighted by molar-refractivity contribution is 5.79. The van der Waals surface area contributed by atoms with Gasteiger partial charge in [-0.15, -0.1) is 0 Å². The molecule has 1 aromatic carbocycles. The minimum atomic E-state index is 0.665. The van der Waals surface area contributed by atoms with Crippen LogP contribution >= 0.6 is 0 Å². The van der Waals surface area contributed by atoms with Crippen molar-refractivity contribution in [2.75, 3.05) is 20.1 Å². The molecule has 20 heavy (non-hydrogen) atoms. The van der Waals surface area contributed by atoms with E-state index in [2.05, 4.69) is 52.6 Å². The smallest absolute Gasteiger partial charge is 0.0705 e. The van der Waals surface area contributed by atoms with Crippen LogP contribution in [-0.2, 0) is 6.54 Å². The van der Waals surface area contributed by atoms with Crippen LogP contribution in [0.4, 0.5) is 0 Å². The second kappa shape index (κ2) is 5.90. The second-order valence-electron chi connectivity index (χ2n) is 5.94. The number of fused-ring (bicyclic) bond motifs is 1. The number of pyridine rings is 1. The number of hydrogen-bond donors (Lipinski definition) is 1. The predicted molar refractivity (Wildman–Crippen MR) is 83.8 cm³/mol. The van der Waals surface area contributed by atoms with Gasteiger partial charge >= 0.3 is 0 Å². The number of aryl methyl sites for hydroxylation is 1. The summed E-state index contributed by atoms with van der Waals surface area (Å²) >= 11 is 0. The molecule has 1 aliphatic heterocycles. The van der Waals surface area contributed by atoms with Gasteiger partial charge in [-0.1, -0.05) is 12.1 Å². The molecule has 0 atom stereocenters. The summed E-state index contributed by atoms with van der Waals surface area (Å²) in [6.45, 7) is 5.41. The Morgan fingerprint density at radius 3 is 2.80 bits per heavy atom. The van der Waals surface area contributed by atoms with E-state index in [1.54, 1.807) is 0 Å². The number of aromatic nitrogens is 1. The van der Waals surface area contributed by atoms with E-state index in [0.717, 1.165) is 17.8 Å². The molecule has 3 rings (SSSR count). The fourth-order valence-corrected chi connectivity index (χ4v) is 2.86. The number of piperidine rings is 1. The van der Waals surface area contributed by atoms with Crippen molar-refractivity contribution in [3.05, 3.63) is 41.6 Å². The highest BCUT2D eigenvalue weighted by Crippen LogP contribution is 2.15. The number of hydrogen-bond acceptors (Lipinski definition) is 3. The first-order valence-corrected chi connectivity index (χ1v) is 7.49. The van der Waals surface area contributed by atoms with Crippen LogP contribution in [-0.4, -0.2) is 36.1 Å². The topological polar surface area (TPSA) is 28.2 Å². The van der Waals surface area contributed by atoms with Gasteiger partial charge in [-0.25, -0.2) is 0 Å². The van der Waals surface area contributed by atoms with Crippen molar-refractivity contribution < 1.29 is 0 Å². The maximum absolute atomic E-state index is 4.55. The number of rotatable bonds is 3. The van der Waals surface area contributed by atoms with Crippen molar-refractivity contribution in [1.82, 2.24) is 15.2 Å². The van der Waals surface area contributed by atoms with Crippen LogP contribution < -0.4 is 5.32 Å². The summed E-state index contributed by atoms with van der Waals surface area (Å²) in [6, 6.07) is 11.5. The molecule has 0 aliphatic carbocycles. The zero-order valence-corrected chi connectivity index (χ0v) is 12.4. The average molecular weight is 269 g/mol. The summed E-state index contributed by atoms with van der Waals surface area (Å²) < 4.78 is 0. The maximum Gasteiger partial charge on any atom is 0.0705 e. The predicted octanol–water partition coefficient (Wildman–Crippen LogP) is 2.73. The Bertz CT molecular complexity index is 586. The molecule has 3 nitrogen and oxygen atoms in total. The fraction of sp³-hybridized carbons (Fsp3) is 0.471. The molecule has 0 amide bonds. The van der Waals surface area contributed by atoms with E-state index < -0.39 is 0 Å². The summed E-state index contributed by atoms with van der Waals surface area (Å²) in [6.07, 6.45) is 2.51. The van der Waals surface area contributed by atoms with E-state index in [1.807, 2.05) is 6.92 Å². The van der Waals surface area contributed by atoms with Crippen LogP contribution in [0.3, 0.4) is 0 Å². The third-order valence-electron chi connectivity index (χ3n) is 4.21. The summed E-state index contributed by atoms with van der Waals surface area (Å²) in [5.74, 6) is 0. The Morgan fingerprint density at radius 2 is 2.00 bits per heavy atom. The molecule has 0 bridgehead atoms. The summed E-state index contributed by atoms with van der Waals surface area (Å²) in [7, 11) is 2.20. The van der Waals surface area contributed by atoms with Gasteiger partial charge in [0.25, 0.3) is 0 Å². The molecule has 1 saturated heterocycles. The van der Waals surface area contributed by atoms with Crippen molar-refractivity contribution >= 4 is 10.9 Å². The molecule has 0 saturated carbocycles. The van der Waals surface area contributed by atoms with Gasteiger partial charge in [-0.05, 0) is 63.7 Å². The molecule has 1 fully saturated rings. The van der Waals surface area contributed by atoms with E-state index in [9.17, 15) is 0 Å². The molecule has 0 unspecified atom stereocenters. The lowest BCUT2D eigenvalue weighted by atomic mass is 10.0. The molecule has 0 radical (unpaired) electrons. The lowest BCUT2D eigenvalue weighted by Gasteiger charge is -2.29. The zero-order chi connectivity index (χ0) is 13.9. The molecular formula is C17H23N3. The monoisotopic (exact) mass is 269 g/mol. The van der Waals surface area contributed by atoms with E-state index in [0.29, 0.717) is 6.04 Å². The number of nitrogens with one attached hydrogen (secondary N) is 1. The average Bonchev–Trinajstić information content (AvgIpc) is 2.46. The molecular weight excluding hydrogens is 246 g/mol. The van der Waals surface area contributed by atoms with Gasteiger partial charge in [0.1, 0.15) is 0 Å². The van der Waals surface area contributed by atoms with Gasteiger partial charge in [0.2, 0.25) is 0 Å². The lowest BCUT2D eigenvalue weighted by molar-refractivity contribution is 0.234. The van der Waals surface area contributed by atoms with Gasteiger partial charge < -0.3 is 10.2 Å². The minimum Gasteiger partial charge on any atom is -0.310 e. The number of benzene rings is 1. The molecule has 1 aliphatic rings. The first kappa shape index (κ1) is 13.5. The molecule has 1 N–H and O–H groups in total. The Hall–Kier alpha value is -1.45. The van der Waals surface area contributed by atoms with Crippen molar-refractivity contribution in [1.29, 1.82) is 0 Å². The van der Waals surface area contributed by atoms with E-state index in [4.69, 9.17) is 0 Å². The van der Waals surface area contributed by atoms with Crippen molar-refractivity contribution in [2.45, 2.75) is 32.4 Å². The van der Waals surface area contributed by atoms with Crippen molar-refractivity contribution in [3.8, 4) is 0 Å². The van der Waals surface area contributed by atoms with E-state index >= 15 is 0 Å². The summed E-state index contributed by atoms with van der Waals surface area (Å²) in [5, 5.41) is 4.92. The van der Waals surface area contributed by atoms with Crippen LogP contribution in [0.1, 0.15) is 24.1 Å². The van der Waals surface area contributed by atoms with E-state index in [1.165, 1.54) is 36.9 Å². The third kappa shape index (κ3) is 3.17. The van der Waals surface area contributed by atoms with Crippen LogP contribution in [0.25, 0.3) is 10.9 Å². The quantitative estimate of drug-likeness (QED) is 0.928. The van der Waals surface area contributed by atoms with Gasteiger partial charge in [-0.3, -0.25) is 4.98 Å². The lowest BCUT2D eigenvalue weighted by Crippen LogP contribution is -2.40. The number of likely N-dealkylation sites (tertiary alicyclic amines) is 1. The van der Waals surface area contributed by atoms with Gasteiger partial charge in [0.05, 0.1) is 5.52 Å². The normalized spacial score (nSPS) is 17.7. The van der Waals surface area contributed by atoms with Crippen LogP contribution in [0, 0.1) is 6.92 Å². The van der Waals surface area contributed by atoms with Crippen LogP contribution in [0.2, 0.25) is 0 Å². The Kier molecular flexibility index (Phi) is 3.99. The SMILES string of the molecule is Cc1ccc2cc(CNC3CCN(C)CC3)ccc2n1. The first-order valence-electron chi connectivity index (χ1n) is 7.49. The Balaban J connectivity index is 1.64. The molecule has 3 heteroatoms. The molecule has 2 aromatic rings. The highest BCUT2D eigenvalue weighted by Gasteiger charge is 2.15.